The zero-order chi connectivity index (χ0) is 14.8. The van der Waals surface area contributed by atoms with Crippen LogP contribution in [0.15, 0.2) is 24.3 Å². The number of thiazole rings is 1. The number of ether oxygens (including phenoxy) is 1. The first kappa shape index (κ1) is 14.2. The predicted octanol–water partition coefficient (Wildman–Crippen LogP) is 3.98. The lowest BCUT2D eigenvalue weighted by atomic mass is 10.2. The average molecular weight is 305 g/mol. The average Bonchev–Trinajstić information content (AvgIpc) is 3.21. The maximum Gasteiger partial charge on any atom is 0.171 e. The van der Waals surface area contributed by atoms with Gasteiger partial charge in [-0.2, -0.15) is 0 Å². The lowest BCUT2D eigenvalue weighted by molar-refractivity contribution is 0.102. The molecule has 1 aliphatic rings. The molecule has 21 heavy (non-hydrogen) atoms. The van der Waals surface area contributed by atoms with Crippen LogP contribution in [0, 0.1) is 5.82 Å². The summed E-state index contributed by atoms with van der Waals surface area (Å²) in [5.74, 6) is 0.941. The third-order valence-electron chi connectivity index (χ3n) is 3.38. The molecule has 1 heterocycles. The lowest BCUT2D eigenvalue weighted by Crippen LogP contribution is -2.01. The van der Waals surface area contributed by atoms with Crippen molar-refractivity contribution in [3.05, 3.63) is 45.7 Å². The van der Waals surface area contributed by atoms with E-state index < -0.39 is 0 Å². The molecule has 0 radical (unpaired) electrons. The minimum atomic E-state index is -0.276. The van der Waals surface area contributed by atoms with E-state index in [1.54, 1.807) is 19.1 Å². The standard InChI is InChI=1S/C16H16FNO2S/c1-10(19)16-15(11-2-3-11)18-14(21-16)8-9-20-13-6-4-12(17)5-7-13/h4-7,11H,2-3,8-9H2,1H3. The van der Waals surface area contributed by atoms with Gasteiger partial charge >= 0.3 is 0 Å². The number of nitrogens with zero attached hydrogens (tertiary/aromatic N) is 1. The molecule has 1 aromatic heterocycles. The molecule has 0 saturated heterocycles. The quantitative estimate of drug-likeness (QED) is 0.758. The topological polar surface area (TPSA) is 39.2 Å². The Hall–Kier alpha value is -1.75. The van der Waals surface area contributed by atoms with Crippen molar-refractivity contribution in [3.63, 3.8) is 0 Å². The van der Waals surface area contributed by atoms with Gasteiger partial charge in [0.25, 0.3) is 0 Å². The summed E-state index contributed by atoms with van der Waals surface area (Å²) in [6.45, 7) is 2.07. The molecule has 3 nitrogen and oxygen atoms in total. The maximum absolute atomic E-state index is 12.8. The van der Waals surface area contributed by atoms with Crippen molar-refractivity contribution >= 4 is 17.1 Å². The number of halogens is 1. The molecule has 0 spiro atoms. The second kappa shape index (κ2) is 5.93. The van der Waals surface area contributed by atoms with Crippen LogP contribution in [-0.4, -0.2) is 17.4 Å². The minimum Gasteiger partial charge on any atom is -0.493 e. The zero-order valence-electron chi connectivity index (χ0n) is 11.8. The Morgan fingerprint density at radius 1 is 1.38 bits per heavy atom. The Bertz CT molecular complexity index is 647. The van der Waals surface area contributed by atoms with Crippen molar-refractivity contribution in [2.75, 3.05) is 6.61 Å². The van der Waals surface area contributed by atoms with Crippen LogP contribution in [0.2, 0.25) is 0 Å². The highest BCUT2D eigenvalue weighted by Crippen LogP contribution is 2.42. The van der Waals surface area contributed by atoms with Gasteiger partial charge in [-0.05, 0) is 37.1 Å². The van der Waals surface area contributed by atoms with Crippen molar-refractivity contribution in [3.8, 4) is 5.75 Å². The summed E-state index contributed by atoms with van der Waals surface area (Å²) in [5.41, 5.74) is 0.976. The molecule has 1 fully saturated rings. The minimum absolute atomic E-state index is 0.0973. The summed E-state index contributed by atoms with van der Waals surface area (Å²) >= 11 is 1.47. The van der Waals surface area contributed by atoms with Crippen LogP contribution in [0.3, 0.4) is 0 Å². The SMILES string of the molecule is CC(=O)c1sc(CCOc2ccc(F)cc2)nc1C1CC1. The van der Waals surface area contributed by atoms with E-state index in [9.17, 15) is 9.18 Å². The summed E-state index contributed by atoms with van der Waals surface area (Å²) in [6.07, 6.45) is 2.93. The zero-order valence-corrected chi connectivity index (χ0v) is 12.6. The van der Waals surface area contributed by atoms with E-state index in [4.69, 9.17) is 4.74 Å². The molecular weight excluding hydrogens is 289 g/mol. The monoisotopic (exact) mass is 305 g/mol. The van der Waals surface area contributed by atoms with Gasteiger partial charge in [-0.25, -0.2) is 9.37 Å². The van der Waals surface area contributed by atoms with Gasteiger partial charge in [0, 0.05) is 19.3 Å². The Morgan fingerprint density at radius 3 is 2.71 bits per heavy atom. The number of hydrogen-bond donors (Lipinski definition) is 0. The van der Waals surface area contributed by atoms with E-state index in [0.717, 1.165) is 28.4 Å². The Kier molecular flexibility index (Phi) is 4.01. The second-order valence-corrected chi connectivity index (χ2v) is 6.29. The number of carbonyl (C=O) groups is 1. The molecule has 0 atom stereocenters. The highest BCUT2D eigenvalue weighted by Gasteiger charge is 2.30. The molecule has 3 rings (SSSR count). The van der Waals surface area contributed by atoms with Gasteiger partial charge in [0.05, 0.1) is 22.2 Å². The fourth-order valence-corrected chi connectivity index (χ4v) is 3.18. The lowest BCUT2D eigenvalue weighted by Gasteiger charge is -2.04. The van der Waals surface area contributed by atoms with Gasteiger partial charge in [0.1, 0.15) is 11.6 Å². The fraction of sp³-hybridized carbons (Fsp3) is 0.375. The van der Waals surface area contributed by atoms with Gasteiger partial charge in [-0.1, -0.05) is 0 Å². The van der Waals surface area contributed by atoms with Gasteiger partial charge in [0.2, 0.25) is 0 Å². The third-order valence-corrected chi connectivity index (χ3v) is 4.61. The Balaban J connectivity index is 1.61. The van der Waals surface area contributed by atoms with E-state index in [1.165, 1.54) is 23.5 Å². The van der Waals surface area contributed by atoms with E-state index in [-0.39, 0.29) is 11.6 Å². The second-order valence-electron chi connectivity index (χ2n) is 5.20. The number of hydrogen-bond acceptors (Lipinski definition) is 4. The molecule has 110 valence electrons. The van der Waals surface area contributed by atoms with Crippen LogP contribution in [-0.2, 0) is 6.42 Å². The number of rotatable bonds is 6. The Morgan fingerprint density at radius 2 is 2.10 bits per heavy atom. The number of aromatic nitrogens is 1. The molecule has 0 N–H and O–H groups in total. The van der Waals surface area contributed by atoms with Gasteiger partial charge in [0.15, 0.2) is 5.78 Å². The molecule has 1 saturated carbocycles. The van der Waals surface area contributed by atoms with Crippen LogP contribution in [0.5, 0.6) is 5.75 Å². The van der Waals surface area contributed by atoms with E-state index in [1.807, 2.05) is 0 Å². The molecule has 5 heteroatoms. The first-order chi connectivity index (χ1) is 10.1. The number of ketones is 1. The summed E-state index contributed by atoms with van der Waals surface area (Å²) in [4.78, 5) is 17.0. The first-order valence-corrected chi connectivity index (χ1v) is 7.84. The summed E-state index contributed by atoms with van der Waals surface area (Å²) in [6, 6.07) is 5.96. The summed E-state index contributed by atoms with van der Waals surface area (Å²) in [5, 5.41) is 0.934. The normalized spacial score (nSPS) is 14.2. The van der Waals surface area contributed by atoms with Gasteiger partial charge in [-0.3, -0.25) is 4.79 Å². The molecule has 0 aliphatic heterocycles. The molecule has 2 aromatic rings. The largest absolute Gasteiger partial charge is 0.493 e. The van der Waals surface area contributed by atoms with Crippen LogP contribution in [0.1, 0.15) is 46.1 Å². The molecule has 0 unspecified atom stereocenters. The third kappa shape index (κ3) is 3.47. The summed E-state index contributed by atoms with van der Waals surface area (Å²) < 4.78 is 18.3. The van der Waals surface area contributed by atoms with Crippen LogP contribution < -0.4 is 4.74 Å². The van der Waals surface area contributed by atoms with Gasteiger partial charge < -0.3 is 4.74 Å². The van der Waals surface area contributed by atoms with E-state index in [0.29, 0.717) is 24.7 Å². The smallest absolute Gasteiger partial charge is 0.171 e. The highest BCUT2D eigenvalue weighted by molar-refractivity contribution is 7.13. The molecule has 1 aromatic carbocycles. The van der Waals surface area contributed by atoms with Gasteiger partial charge in [-0.15, -0.1) is 11.3 Å². The molecular formula is C16H16FNO2S. The van der Waals surface area contributed by atoms with E-state index >= 15 is 0 Å². The summed E-state index contributed by atoms with van der Waals surface area (Å²) in [7, 11) is 0. The van der Waals surface area contributed by atoms with Crippen molar-refractivity contribution in [2.24, 2.45) is 0 Å². The highest BCUT2D eigenvalue weighted by atomic mass is 32.1. The van der Waals surface area contributed by atoms with Crippen LogP contribution in [0.25, 0.3) is 0 Å². The molecule has 1 aliphatic carbocycles. The number of Topliss-reactive ketones (excluding diaryl/α,β-unsaturated/α-hetero) is 1. The molecule has 0 amide bonds. The van der Waals surface area contributed by atoms with E-state index in [2.05, 4.69) is 4.98 Å². The maximum atomic E-state index is 12.8. The van der Waals surface area contributed by atoms with Crippen molar-refractivity contribution < 1.29 is 13.9 Å². The fourth-order valence-electron chi connectivity index (χ4n) is 2.16. The van der Waals surface area contributed by atoms with Crippen molar-refractivity contribution in [2.45, 2.75) is 32.1 Å². The van der Waals surface area contributed by atoms with Crippen molar-refractivity contribution in [1.82, 2.24) is 4.98 Å². The Labute approximate surface area is 126 Å². The van der Waals surface area contributed by atoms with Crippen molar-refractivity contribution in [1.29, 1.82) is 0 Å². The first-order valence-electron chi connectivity index (χ1n) is 7.02. The number of benzene rings is 1. The molecule has 0 bridgehead atoms. The van der Waals surface area contributed by atoms with Crippen LogP contribution in [0.4, 0.5) is 4.39 Å². The number of carbonyl (C=O) groups excluding carboxylic acids is 1. The predicted molar refractivity (Wildman–Crippen MR) is 79.7 cm³/mol. The van der Waals surface area contributed by atoms with Crippen LogP contribution >= 0.6 is 11.3 Å².